The van der Waals surface area contributed by atoms with E-state index >= 15 is 0 Å². The van der Waals surface area contributed by atoms with Gasteiger partial charge in [-0.15, -0.1) is 0 Å². The summed E-state index contributed by atoms with van der Waals surface area (Å²) in [7, 11) is -3.19. The van der Waals surface area contributed by atoms with E-state index in [1.807, 2.05) is 19.1 Å². The second kappa shape index (κ2) is 5.05. The number of rotatable bonds is 3. The van der Waals surface area contributed by atoms with Crippen LogP contribution >= 0.6 is 0 Å². The number of phenolic OH excluding ortho intramolecular Hbond substituents is 1. The molecule has 0 saturated carbocycles. The van der Waals surface area contributed by atoms with E-state index in [9.17, 15) is 13.5 Å². The molecule has 0 atom stereocenters. The van der Waals surface area contributed by atoms with Gasteiger partial charge in [-0.1, -0.05) is 25.1 Å². The summed E-state index contributed by atoms with van der Waals surface area (Å²) in [4.78, 5) is 0.280. The molecule has 0 amide bonds. The zero-order chi connectivity index (χ0) is 14.0. The van der Waals surface area contributed by atoms with Crippen LogP contribution in [0.5, 0.6) is 5.75 Å². The van der Waals surface area contributed by atoms with Crippen molar-refractivity contribution in [3.8, 4) is 16.9 Å². The Balaban J connectivity index is 2.48. The number of hydrogen-bond acceptors (Lipinski definition) is 3. The number of aryl methyl sites for hydroxylation is 1. The second-order valence-corrected chi connectivity index (χ2v) is 6.52. The van der Waals surface area contributed by atoms with Gasteiger partial charge in [-0.05, 0) is 41.8 Å². The van der Waals surface area contributed by atoms with Crippen molar-refractivity contribution in [1.29, 1.82) is 0 Å². The maximum absolute atomic E-state index is 11.4. The van der Waals surface area contributed by atoms with Crippen LogP contribution in [0.25, 0.3) is 11.1 Å². The highest BCUT2D eigenvalue weighted by Gasteiger charge is 2.09. The van der Waals surface area contributed by atoms with Crippen molar-refractivity contribution in [3.05, 3.63) is 48.0 Å². The van der Waals surface area contributed by atoms with Crippen molar-refractivity contribution in [1.82, 2.24) is 0 Å². The first kappa shape index (κ1) is 13.6. The maximum atomic E-state index is 11.4. The molecule has 0 heterocycles. The lowest BCUT2D eigenvalue weighted by Gasteiger charge is -2.08. The third-order valence-electron chi connectivity index (χ3n) is 3.06. The van der Waals surface area contributed by atoms with Gasteiger partial charge in [0.2, 0.25) is 0 Å². The molecule has 3 nitrogen and oxygen atoms in total. The lowest BCUT2D eigenvalue weighted by molar-refractivity contribution is 0.477. The smallest absolute Gasteiger partial charge is 0.175 e. The minimum Gasteiger partial charge on any atom is -0.507 e. The van der Waals surface area contributed by atoms with E-state index in [1.165, 1.54) is 6.26 Å². The number of phenols is 1. The largest absolute Gasteiger partial charge is 0.507 e. The molecule has 0 aromatic heterocycles. The van der Waals surface area contributed by atoms with Gasteiger partial charge in [0, 0.05) is 11.8 Å². The topological polar surface area (TPSA) is 54.4 Å². The number of benzene rings is 2. The van der Waals surface area contributed by atoms with Crippen LogP contribution in [-0.4, -0.2) is 19.8 Å². The van der Waals surface area contributed by atoms with E-state index in [-0.39, 0.29) is 10.6 Å². The first-order chi connectivity index (χ1) is 8.91. The quantitative estimate of drug-likeness (QED) is 0.937. The molecule has 0 unspecified atom stereocenters. The van der Waals surface area contributed by atoms with Gasteiger partial charge in [0.15, 0.2) is 9.84 Å². The zero-order valence-electron chi connectivity index (χ0n) is 10.9. The minimum atomic E-state index is -3.19. The van der Waals surface area contributed by atoms with E-state index in [0.717, 1.165) is 23.1 Å². The Kier molecular flexibility index (Phi) is 3.62. The van der Waals surface area contributed by atoms with Crippen molar-refractivity contribution >= 4 is 9.84 Å². The van der Waals surface area contributed by atoms with Crippen molar-refractivity contribution in [2.75, 3.05) is 6.26 Å². The Morgan fingerprint density at radius 2 is 1.68 bits per heavy atom. The van der Waals surface area contributed by atoms with Crippen molar-refractivity contribution in [2.45, 2.75) is 18.2 Å². The molecular weight excluding hydrogens is 260 g/mol. The number of aromatic hydroxyl groups is 1. The third kappa shape index (κ3) is 2.96. The molecule has 0 saturated heterocycles. The average molecular weight is 276 g/mol. The minimum absolute atomic E-state index is 0.198. The maximum Gasteiger partial charge on any atom is 0.175 e. The molecule has 2 aromatic rings. The van der Waals surface area contributed by atoms with Crippen molar-refractivity contribution in [3.63, 3.8) is 0 Å². The van der Waals surface area contributed by atoms with Crippen LogP contribution in [-0.2, 0) is 16.3 Å². The summed E-state index contributed by atoms with van der Waals surface area (Å²) in [5.74, 6) is 0.198. The summed E-state index contributed by atoms with van der Waals surface area (Å²) in [6.07, 6.45) is 2.06. The molecule has 19 heavy (non-hydrogen) atoms. The Labute approximate surface area is 113 Å². The van der Waals surface area contributed by atoms with Gasteiger partial charge in [-0.3, -0.25) is 0 Å². The van der Waals surface area contributed by atoms with Gasteiger partial charge < -0.3 is 5.11 Å². The molecule has 0 aliphatic heterocycles. The monoisotopic (exact) mass is 276 g/mol. The first-order valence-corrected chi connectivity index (χ1v) is 7.93. The molecule has 2 rings (SSSR count). The summed E-state index contributed by atoms with van der Waals surface area (Å²) < 4.78 is 22.8. The molecule has 100 valence electrons. The highest BCUT2D eigenvalue weighted by atomic mass is 32.2. The molecule has 2 aromatic carbocycles. The van der Waals surface area contributed by atoms with Crippen LogP contribution < -0.4 is 0 Å². The van der Waals surface area contributed by atoms with Gasteiger partial charge in [-0.25, -0.2) is 8.42 Å². The highest BCUT2D eigenvalue weighted by molar-refractivity contribution is 7.90. The fourth-order valence-corrected chi connectivity index (χ4v) is 2.55. The molecular formula is C15H16O3S. The number of hydrogen-bond donors (Lipinski definition) is 1. The molecule has 0 bridgehead atoms. The Hall–Kier alpha value is -1.81. The van der Waals surface area contributed by atoms with Gasteiger partial charge in [0.25, 0.3) is 0 Å². The lowest BCUT2D eigenvalue weighted by Crippen LogP contribution is -1.96. The Morgan fingerprint density at radius 1 is 1.05 bits per heavy atom. The molecule has 0 fully saturated rings. The summed E-state index contributed by atoms with van der Waals surface area (Å²) in [6, 6.07) is 12.0. The van der Waals surface area contributed by atoms with Gasteiger partial charge in [0.1, 0.15) is 5.75 Å². The van der Waals surface area contributed by atoms with E-state index < -0.39 is 9.84 Å². The van der Waals surface area contributed by atoms with Crippen LogP contribution in [0.3, 0.4) is 0 Å². The summed E-state index contributed by atoms with van der Waals surface area (Å²) in [5.41, 5.74) is 2.65. The molecule has 0 aliphatic carbocycles. The highest BCUT2D eigenvalue weighted by Crippen LogP contribution is 2.30. The van der Waals surface area contributed by atoms with Gasteiger partial charge in [-0.2, -0.15) is 0 Å². The summed E-state index contributed by atoms with van der Waals surface area (Å²) >= 11 is 0. The Bertz CT molecular complexity index is 686. The van der Waals surface area contributed by atoms with Gasteiger partial charge >= 0.3 is 0 Å². The van der Waals surface area contributed by atoms with Crippen molar-refractivity contribution < 1.29 is 13.5 Å². The molecule has 0 radical (unpaired) electrons. The summed E-state index contributed by atoms with van der Waals surface area (Å²) in [6.45, 7) is 2.04. The van der Waals surface area contributed by atoms with E-state index in [2.05, 4.69) is 0 Å². The average Bonchev–Trinajstić information content (AvgIpc) is 2.38. The Morgan fingerprint density at radius 3 is 2.21 bits per heavy atom. The van der Waals surface area contributed by atoms with Crippen molar-refractivity contribution in [2.24, 2.45) is 0 Å². The van der Waals surface area contributed by atoms with Crippen LogP contribution in [0.2, 0.25) is 0 Å². The van der Waals surface area contributed by atoms with Crippen LogP contribution in [0.4, 0.5) is 0 Å². The molecule has 0 aliphatic rings. The van der Waals surface area contributed by atoms with Crippen LogP contribution in [0, 0.1) is 0 Å². The fraction of sp³-hybridized carbons (Fsp3) is 0.200. The zero-order valence-corrected chi connectivity index (χ0v) is 11.7. The SMILES string of the molecule is CCc1ccc(O)c(-c2ccc(S(C)(=O)=O)cc2)c1. The van der Waals surface area contributed by atoms with Crippen LogP contribution in [0.15, 0.2) is 47.4 Å². The van der Waals surface area contributed by atoms with E-state index in [1.54, 1.807) is 30.3 Å². The molecule has 0 spiro atoms. The summed E-state index contributed by atoms with van der Waals surface area (Å²) in [5, 5.41) is 9.89. The normalized spacial score (nSPS) is 11.5. The number of sulfone groups is 1. The molecule has 4 heteroatoms. The first-order valence-electron chi connectivity index (χ1n) is 6.04. The van der Waals surface area contributed by atoms with Crippen LogP contribution in [0.1, 0.15) is 12.5 Å². The fourth-order valence-electron chi connectivity index (χ4n) is 1.92. The van der Waals surface area contributed by atoms with E-state index in [4.69, 9.17) is 0 Å². The second-order valence-electron chi connectivity index (χ2n) is 4.50. The predicted octanol–water partition coefficient (Wildman–Crippen LogP) is 3.03. The lowest BCUT2D eigenvalue weighted by atomic mass is 10.0. The third-order valence-corrected chi connectivity index (χ3v) is 4.19. The predicted molar refractivity (Wildman–Crippen MR) is 76.0 cm³/mol. The molecule has 1 N–H and O–H groups in total. The van der Waals surface area contributed by atoms with E-state index in [0.29, 0.717) is 0 Å². The van der Waals surface area contributed by atoms with Gasteiger partial charge in [0.05, 0.1) is 4.90 Å². The standard InChI is InChI=1S/C15H16O3S/c1-3-11-4-9-15(16)14(10-11)12-5-7-13(8-6-12)19(2,17)18/h4-10,16H,3H2,1-2H3.